The van der Waals surface area contributed by atoms with E-state index >= 15 is 0 Å². The first-order chi connectivity index (χ1) is 35.2. The van der Waals surface area contributed by atoms with E-state index in [2.05, 4.69) is 289 Å². The number of furan rings is 1. The molecule has 0 aliphatic heterocycles. The first-order valence-electron chi connectivity index (χ1n) is 24.2. The van der Waals surface area contributed by atoms with Crippen LogP contribution in [0.3, 0.4) is 0 Å². The van der Waals surface area contributed by atoms with Crippen molar-refractivity contribution in [3.05, 3.63) is 290 Å². The van der Waals surface area contributed by atoms with Gasteiger partial charge in [-0.05, 0) is 135 Å². The maximum absolute atomic E-state index is 7.14. The summed E-state index contributed by atoms with van der Waals surface area (Å²) < 4.78 is 9.52. The number of nitrogens with zero attached hydrogens (tertiary/aromatic N) is 2. The second-order valence-corrected chi connectivity index (χ2v) is 18.1. The number of hydrogen-bond acceptors (Lipinski definition) is 2. The third kappa shape index (κ3) is 7.76. The van der Waals surface area contributed by atoms with Crippen molar-refractivity contribution in [2.75, 3.05) is 4.90 Å². The summed E-state index contributed by atoms with van der Waals surface area (Å²) in [4.78, 5) is 2.35. The molecule has 13 rings (SSSR count). The van der Waals surface area contributed by atoms with Gasteiger partial charge in [0.2, 0.25) is 0 Å². The summed E-state index contributed by atoms with van der Waals surface area (Å²) in [5.74, 6) is 0. The minimum absolute atomic E-state index is 0.815. The Morgan fingerprint density at radius 1 is 0.352 bits per heavy atom. The molecule has 0 aliphatic carbocycles. The Bertz CT molecular complexity index is 4040. The van der Waals surface area contributed by atoms with E-state index < -0.39 is 0 Å². The zero-order chi connectivity index (χ0) is 47.1. The van der Waals surface area contributed by atoms with Crippen molar-refractivity contribution in [3.8, 4) is 39.1 Å². The fourth-order valence-corrected chi connectivity index (χ4v) is 10.3. The maximum Gasteiger partial charge on any atom is 0.159 e. The van der Waals surface area contributed by atoms with Gasteiger partial charge in [0, 0.05) is 38.6 Å². The average Bonchev–Trinajstić information content (AvgIpc) is 3.99. The monoisotopic (exact) mass is 906 g/mol. The van der Waals surface area contributed by atoms with Crippen LogP contribution in [0.4, 0.5) is 17.1 Å². The van der Waals surface area contributed by atoms with Gasteiger partial charge in [0.25, 0.3) is 0 Å². The van der Waals surface area contributed by atoms with Crippen LogP contribution in [0.15, 0.2) is 277 Å². The quantitative estimate of drug-likeness (QED) is 0.128. The van der Waals surface area contributed by atoms with Gasteiger partial charge in [0.05, 0.1) is 16.7 Å². The lowest BCUT2D eigenvalue weighted by Gasteiger charge is -2.26. The molecule has 0 fully saturated rings. The molecule has 0 aliphatic rings. The molecule has 11 aromatic carbocycles. The minimum Gasteiger partial charge on any atom is -0.454 e. The highest BCUT2D eigenvalue weighted by molar-refractivity contribution is 6.14. The van der Waals surface area contributed by atoms with Gasteiger partial charge < -0.3 is 13.9 Å². The molecule has 0 N–H and O–H groups in total. The average molecular weight is 907 g/mol. The molecule has 0 unspecified atom stereocenters. The van der Waals surface area contributed by atoms with Crippen LogP contribution in [0.25, 0.3) is 94.5 Å². The second kappa shape index (κ2) is 17.9. The van der Waals surface area contributed by atoms with E-state index in [1.54, 1.807) is 0 Å². The molecule has 3 nitrogen and oxygen atoms in total. The van der Waals surface area contributed by atoms with Crippen molar-refractivity contribution in [3.63, 3.8) is 0 Å². The lowest BCUT2D eigenvalue weighted by Crippen LogP contribution is -2.10. The standard InChI is InChI=1S/C68H46N2O/c1-6-18-47(19-7-1)42-61(52-32-30-50(31-33-52)48-20-8-2-9-21-48)55-44-63-62-43-53(54-36-40-60-59-28-16-17-29-64(59)70(65(60)45-54)57-26-14-5-15-27-57)37-41-67(62)71-68(63)66(46-55)69(56-24-12-4-13-25-56)58-38-34-51(35-39-58)49-22-10-3-11-23-49/h1-46H. The number of benzene rings is 11. The predicted octanol–water partition coefficient (Wildman–Crippen LogP) is 18.7. The number of hydrogen-bond donors (Lipinski definition) is 0. The van der Waals surface area contributed by atoms with Crippen LogP contribution in [0.1, 0.15) is 16.7 Å². The van der Waals surface area contributed by atoms with Gasteiger partial charge in [-0.1, -0.05) is 200 Å². The Hall–Kier alpha value is -9.44. The lowest BCUT2D eigenvalue weighted by molar-refractivity contribution is 0.669. The molecule has 0 saturated carbocycles. The molecule has 2 aromatic heterocycles. The molecule has 0 amide bonds. The number of para-hydroxylation sites is 3. The number of fused-ring (bicyclic) bond motifs is 6. The van der Waals surface area contributed by atoms with Crippen molar-refractivity contribution in [1.29, 1.82) is 0 Å². The van der Waals surface area contributed by atoms with Gasteiger partial charge in [0.15, 0.2) is 5.58 Å². The molecule has 2 heterocycles. The highest BCUT2D eigenvalue weighted by Crippen LogP contribution is 2.46. The summed E-state index contributed by atoms with van der Waals surface area (Å²) in [6, 6.07) is 97.9. The molecule has 0 radical (unpaired) electrons. The Kier molecular flexibility index (Phi) is 10.5. The zero-order valence-electron chi connectivity index (χ0n) is 38.9. The van der Waals surface area contributed by atoms with E-state index in [1.807, 2.05) is 0 Å². The Labute approximate surface area is 413 Å². The zero-order valence-corrected chi connectivity index (χ0v) is 38.9. The summed E-state index contributed by atoms with van der Waals surface area (Å²) in [6.07, 6.45) is 2.32. The van der Waals surface area contributed by atoms with Crippen molar-refractivity contribution in [2.24, 2.45) is 0 Å². The third-order valence-electron chi connectivity index (χ3n) is 13.8. The number of aromatic nitrogens is 1. The first kappa shape index (κ1) is 41.7. The van der Waals surface area contributed by atoms with Crippen LogP contribution in [-0.2, 0) is 0 Å². The number of anilines is 3. The molecule has 0 bridgehead atoms. The van der Waals surface area contributed by atoms with Crippen LogP contribution >= 0.6 is 0 Å². The van der Waals surface area contributed by atoms with Gasteiger partial charge in [-0.15, -0.1) is 0 Å². The van der Waals surface area contributed by atoms with Gasteiger partial charge in [-0.2, -0.15) is 0 Å². The Morgan fingerprint density at radius 2 is 0.873 bits per heavy atom. The van der Waals surface area contributed by atoms with Crippen LogP contribution < -0.4 is 4.90 Å². The summed E-state index contributed by atoms with van der Waals surface area (Å²) in [7, 11) is 0. The Balaban J connectivity index is 1.04. The summed E-state index contributed by atoms with van der Waals surface area (Å²) in [5.41, 5.74) is 19.5. The van der Waals surface area contributed by atoms with Crippen LogP contribution in [0.5, 0.6) is 0 Å². The normalized spacial score (nSPS) is 11.7. The van der Waals surface area contributed by atoms with Crippen molar-refractivity contribution < 1.29 is 4.42 Å². The largest absolute Gasteiger partial charge is 0.454 e. The first-order valence-corrected chi connectivity index (χ1v) is 24.2. The van der Waals surface area contributed by atoms with E-state index in [4.69, 9.17) is 4.42 Å². The molecule has 0 spiro atoms. The smallest absolute Gasteiger partial charge is 0.159 e. The van der Waals surface area contributed by atoms with E-state index in [1.165, 1.54) is 38.5 Å². The fourth-order valence-electron chi connectivity index (χ4n) is 10.3. The van der Waals surface area contributed by atoms with Gasteiger partial charge in [-0.3, -0.25) is 0 Å². The predicted molar refractivity (Wildman–Crippen MR) is 299 cm³/mol. The molecule has 0 atom stereocenters. The van der Waals surface area contributed by atoms with Gasteiger partial charge >= 0.3 is 0 Å². The molecule has 71 heavy (non-hydrogen) atoms. The van der Waals surface area contributed by atoms with Crippen molar-refractivity contribution in [2.45, 2.75) is 0 Å². The third-order valence-corrected chi connectivity index (χ3v) is 13.8. The SMILES string of the molecule is C(=C(c1ccc(-c2ccccc2)cc1)c1cc(N(c2ccccc2)c2ccc(-c3ccccc3)cc2)c2oc3ccc(-c4ccc5c6ccccc6n(-c6ccccc6)c5c4)cc3c2c1)c1ccccc1. The molecule has 3 heteroatoms. The van der Waals surface area contributed by atoms with E-state index in [0.29, 0.717) is 0 Å². The molecule has 334 valence electrons. The lowest BCUT2D eigenvalue weighted by atomic mass is 9.92. The molecular weight excluding hydrogens is 861 g/mol. The summed E-state index contributed by atoms with van der Waals surface area (Å²) >= 11 is 0. The van der Waals surface area contributed by atoms with Gasteiger partial charge in [-0.25, -0.2) is 0 Å². The summed E-state index contributed by atoms with van der Waals surface area (Å²) in [6.45, 7) is 0. The van der Waals surface area contributed by atoms with E-state index in [0.717, 1.165) is 83.6 Å². The highest BCUT2D eigenvalue weighted by atomic mass is 16.3. The second-order valence-electron chi connectivity index (χ2n) is 18.1. The van der Waals surface area contributed by atoms with Crippen LogP contribution in [0, 0.1) is 0 Å². The molecular formula is C68H46N2O. The topological polar surface area (TPSA) is 21.3 Å². The summed E-state index contributed by atoms with van der Waals surface area (Å²) in [5, 5.41) is 4.55. The van der Waals surface area contributed by atoms with E-state index in [-0.39, 0.29) is 0 Å². The van der Waals surface area contributed by atoms with Crippen molar-refractivity contribution >= 4 is 72.5 Å². The minimum atomic E-state index is 0.815. The van der Waals surface area contributed by atoms with E-state index in [9.17, 15) is 0 Å². The van der Waals surface area contributed by atoms with Crippen molar-refractivity contribution in [1.82, 2.24) is 4.57 Å². The molecule has 13 aromatic rings. The molecule has 0 saturated heterocycles. The highest BCUT2D eigenvalue weighted by Gasteiger charge is 2.23. The van der Waals surface area contributed by atoms with Gasteiger partial charge in [0.1, 0.15) is 5.58 Å². The number of rotatable bonds is 10. The van der Waals surface area contributed by atoms with Crippen LogP contribution in [0.2, 0.25) is 0 Å². The maximum atomic E-state index is 7.14. The fraction of sp³-hybridized carbons (Fsp3) is 0. The van der Waals surface area contributed by atoms with Crippen LogP contribution in [-0.4, -0.2) is 4.57 Å². The Morgan fingerprint density at radius 3 is 1.56 bits per heavy atom.